The zero-order valence-electron chi connectivity index (χ0n) is 19.1. The molecule has 0 aliphatic rings. The van der Waals surface area contributed by atoms with E-state index in [1.165, 1.54) is 18.2 Å². The largest absolute Gasteiger partial charge is 0.497 e. The zero-order chi connectivity index (χ0) is 25.1. The van der Waals surface area contributed by atoms with Crippen LogP contribution in [-0.2, 0) is 11.2 Å². The maximum atomic E-state index is 13.3. The number of ether oxygens (including phenoxy) is 1. The maximum Gasteiger partial charge on any atom is 0.335 e. The number of carboxylic acid groups (broad SMARTS) is 1. The molecule has 0 fully saturated rings. The fraction of sp³-hybridized carbons (Fsp3) is 0.154. The minimum Gasteiger partial charge on any atom is -0.497 e. The van der Waals surface area contributed by atoms with Crippen molar-refractivity contribution in [3.8, 4) is 5.75 Å². The molecule has 0 radical (unpaired) electrons. The van der Waals surface area contributed by atoms with E-state index in [0.29, 0.717) is 22.5 Å². The van der Waals surface area contributed by atoms with Gasteiger partial charge in [-0.05, 0) is 60.5 Å². The molecule has 0 saturated carbocycles. The number of anilines is 1. The van der Waals surface area contributed by atoms with Crippen LogP contribution in [-0.4, -0.2) is 33.6 Å². The molecule has 0 bridgehead atoms. The Kier molecular flexibility index (Phi) is 6.50. The first-order chi connectivity index (χ1) is 16.8. The number of hydrogen-bond acceptors (Lipinski definition) is 5. The summed E-state index contributed by atoms with van der Waals surface area (Å²) in [6.07, 6.45) is 0.120. The van der Waals surface area contributed by atoms with Crippen LogP contribution in [0.4, 0.5) is 5.69 Å². The predicted octanol–water partition coefficient (Wildman–Crippen LogP) is 3.19. The van der Waals surface area contributed by atoms with Gasteiger partial charge in [-0.1, -0.05) is 24.3 Å². The molecule has 0 aliphatic carbocycles. The third-order valence-electron chi connectivity index (χ3n) is 5.74. The van der Waals surface area contributed by atoms with Crippen LogP contribution in [0.25, 0.3) is 10.9 Å². The highest BCUT2D eigenvalue weighted by molar-refractivity contribution is 5.94. The predicted molar refractivity (Wildman–Crippen MR) is 131 cm³/mol. The Labute approximate surface area is 199 Å². The number of carboxylic acids is 1. The summed E-state index contributed by atoms with van der Waals surface area (Å²) in [4.78, 5) is 52.3. The third kappa shape index (κ3) is 4.98. The van der Waals surface area contributed by atoms with E-state index in [2.05, 4.69) is 10.3 Å². The molecule has 1 unspecified atom stereocenters. The van der Waals surface area contributed by atoms with Crippen molar-refractivity contribution in [2.24, 2.45) is 0 Å². The number of fused-ring (bicyclic) bond motifs is 1. The number of H-pyrrole nitrogens is 1. The van der Waals surface area contributed by atoms with E-state index in [1.807, 2.05) is 6.07 Å². The molecule has 4 rings (SSSR count). The second-order valence-electron chi connectivity index (χ2n) is 8.05. The minimum atomic E-state index is -1.06. The highest BCUT2D eigenvalue weighted by atomic mass is 16.5. The Morgan fingerprint density at radius 1 is 1.06 bits per heavy atom. The van der Waals surface area contributed by atoms with Crippen molar-refractivity contribution in [2.45, 2.75) is 19.4 Å². The van der Waals surface area contributed by atoms with Crippen LogP contribution < -0.4 is 21.3 Å². The summed E-state index contributed by atoms with van der Waals surface area (Å²) in [5, 5.41) is 12.1. The van der Waals surface area contributed by atoms with E-state index in [4.69, 9.17) is 9.84 Å². The lowest BCUT2D eigenvalue weighted by atomic mass is 10.1. The molecule has 4 aromatic rings. The number of nitrogens with zero attached hydrogens (tertiary/aromatic N) is 1. The molecule has 0 saturated heterocycles. The van der Waals surface area contributed by atoms with Crippen LogP contribution in [0.1, 0.15) is 34.5 Å². The van der Waals surface area contributed by atoms with Crippen molar-refractivity contribution < 1.29 is 19.4 Å². The molecular formula is C26H23N3O6. The third-order valence-corrected chi connectivity index (χ3v) is 5.74. The molecule has 178 valence electrons. The summed E-state index contributed by atoms with van der Waals surface area (Å²) in [6.45, 7) is 1.68. The first-order valence-corrected chi connectivity index (χ1v) is 10.8. The van der Waals surface area contributed by atoms with Gasteiger partial charge >= 0.3 is 11.7 Å². The monoisotopic (exact) mass is 473 g/mol. The van der Waals surface area contributed by atoms with Crippen molar-refractivity contribution in [1.82, 2.24) is 9.55 Å². The molecule has 0 aliphatic heterocycles. The van der Waals surface area contributed by atoms with E-state index < -0.39 is 23.3 Å². The summed E-state index contributed by atoms with van der Waals surface area (Å²) in [7, 11) is 1.55. The number of hydrogen-bond donors (Lipinski definition) is 3. The van der Waals surface area contributed by atoms with Gasteiger partial charge in [0.05, 0.1) is 36.0 Å². The Hall–Kier alpha value is -4.66. The van der Waals surface area contributed by atoms with Gasteiger partial charge in [0.15, 0.2) is 0 Å². The summed E-state index contributed by atoms with van der Waals surface area (Å²) < 4.78 is 6.25. The van der Waals surface area contributed by atoms with Gasteiger partial charge in [-0.15, -0.1) is 0 Å². The number of nitrogens with one attached hydrogen (secondary N) is 2. The molecule has 1 amide bonds. The van der Waals surface area contributed by atoms with Gasteiger partial charge in [-0.2, -0.15) is 0 Å². The number of carbonyl (C=O) groups excluding carboxylic acids is 1. The van der Waals surface area contributed by atoms with Crippen molar-refractivity contribution in [1.29, 1.82) is 0 Å². The van der Waals surface area contributed by atoms with Gasteiger partial charge in [0.1, 0.15) is 5.75 Å². The topological polar surface area (TPSA) is 130 Å². The number of aromatic carboxylic acids is 1. The SMILES string of the molecule is COc1cccc(CC(=O)Nc2ccc3[nH]c(=O)n(C(C)c4ccc(C(=O)O)cc4)c(=O)c3c2)c1. The van der Waals surface area contributed by atoms with Gasteiger partial charge in [-0.3, -0.25) is 14.2 Å². The van der Waals surface area contributed by atoms with Gasteiger partial charge in [0.2, 0.25) is 5.91 Å². The molecule has 0 spiro atoms. The highest BCUT2D eigenvalue weighted by Gasteiger charge is 2.17. The number of benzene rings is 3. The van der Waals surface area contributed by atoms with Crippen molar-refractivity contribution in [2.75, 3.05) is 12.4 Å². The molecule has 35 heavy (non-hydrogen) atoms. The second-order valence-corrected chi connectivity index (χ2v) is 8.05. The lowest BCUT2D eigenvalue weighted by molar-refractivity contribution is -0.115. The molecule has 9 heteroatoms. The van der Waals surface area contributed by atoms with Crippen LogP contribution in [0.5, 0.6) is 5.75 Å². The molecule has 1 heterocycles. The lowest BCUT2D eigenvalue weighted by Gasteiger charge is -2.16. The fourth-order valence-corrected chi connectivity index (χ4v) is 3.88. The Morgan fingerprint density at radius 2 is 1.80 bits per heavy atom. The van der Waals surface area contributed by atoms with Gasteiger partial charge in [0.25, 0.3) is 5.56 Å². The number of aromatic nitrogens is 2. The Balaban J connectivity index is 1.63. The Morgan fingerprint density at radius 3 is 2.49 bits per heavy atom. The smallest absolute Gasteiger partial charge is 0.335 e. The zero-order valence-corrected chi connectivity index (χ0v) is 19.1. The first-order valence-electron chi connectivity index (χ1n) is 10.8. The fourth-order valence-electron chi connectivity index (χ4n) is 3.88. The highest BCUT2D eigenvalue weighted by Crippen LogP contribution is 2.19. The molecular weight excluding hydrogens is 450 g/mol. The van der Waals surface area contributed by atoms with Crippen LogP contribution in [0.3, 0.4) is 0 Å². The van der Waals surface area contributed by atoms with E-state index >= 15 is 0 Å². The second kappa shape index (κ2) is 9.68. The first kappa shape index (κ1) is 23.5. The number of amides is 1. The van der Waals surface area contributed by atoms with E-state index in [1.54, 1.807) is 56.5 Å². The molecule has 1 atom stereocenters. The minimum absolute atomic E-state index is 0.107. The van der Waals surface area contributed by atoms with Crippen LogP contribution in [0, 0.1) is 0 Å². The van der Waals surface area contributed by atoms with E-state index in [-0.39, 0.29) is 23.3 Å². The van der Waals surface area contributed by atoms with E-state index in [9.17, 15) is 19.2 Å². The molecule has 1 aromatic heterocycles. The number of rotatable bonds is 7. The van der Waals surface area contributed by atoms with Gasteiger partial charge in [0, 0.05) is 5.69 Å². The summed E-state index contributed by atoms with van der Waals surface area (Å²) in [6, 6.07) is 17.2. The van der Waals surface area contributed by atoms with Crippen molar-refractivity contribution in [3.63, 3.8) is 0 Å². The van der Waals surface area contributed by atoms with Crippen LogP contribution >= 0.6 is 0 Å². The maximum absolute atomic E-state index is 13.3. The van der Waals surface area contributed by atoms with E-state index in [0.717, 1.165) is 10.1 Å². The van der Waals surface area contributed by atoms with Crippen molar-refractivity contribution in [3.05, 3.63) is 104 Å². The summed E-state index contributed by atoms with van der Waals surface area (Å²) >= 11 is 0. The number of methoxy groups -OCH3 is 1. The van der Waals surface area contributed by atoms with Crippen LogP contribution in [0.15, 0.2) is 76.3 Å². The van der Waals surface area contributed by atoms with Gasteiger partial charge in [-0.25, -0.2) is 9.59 Å². The van der Waals surface area contributed by atoms with Crippen molar-refractivity contribution >= 4 is 28.5 Å². The number of carbonyl (C=O) groups is 2. The quantitative estimate of drug-likeness (QED) is 0.378. The molecule has 9 nitrogen and oxygen atoms in total. The van der Waals surface area contributed by atoms with Crippen LogP contribution in [0.2, 0.25) is 0 Å². The summed E-state index contributed by atoms with van der Waals surface area (Å²) in [5.74, 6) is -0.683. The molecule has 3 N–H and O–H groups in total. The lowest BCUT2D eigenvalue weighted by Crippen LogP contribution is -2.37. The standard InChI is InChI=1S/C26H23N3O6/c1-15(17-6-8-18(9-7-17)25(32)33)29-24(31)21-14-19(10-11-22(21)28-26(29)34)27-23(30)13-16-4-3-5-20(12-16)35-2/h3-12,14-15H,13H2,1-2H3,(H,27,30)(H,28,34)(H,32,33). The normalized spacial score (nSPS) is 11.7. The summed E-state index contributed by atoms with van der Waals surface area (Å²) in [5.41, 5.74) is 1.13. The number of aromatic amines is 1. The Bertz CT molecular complexity index is 1540. The van der Waals surface area contributed by atoms with Gasteiger partial charge < -0.3 is 20.1 Å². The average molecular weight is 473 g/mol. The average Bonchev–Trinajstić information content (AvgIpc) is 2.84. The molecule has 3 aromatic carbocycles.